The summed E-state index contributed by atoms with van der Waals surface area (Å²) in [5.74, 6) is 0.0413. The van der Waals surface area contributed by atoms with Gasteiger partial charge in [0.25, 0.3) is 0 Å². The van der Waals surface area contributed by atoms with Crippen molar-refractivity contribution in [2.24, 2.45) is 5.92 Å². The molecular weight excluding hydrogens is 416 g/mol. The molecule has 2 rings (SSSR count). The number of nitrogens with zero attached hydrogens (tertiary/aromatic N) is 1. The third kappa shape index (κ3) is 7.28. The van der Waals surface area contributed by atoms with Crippen LogP contribution in [0.5, 0.6) is 0 Å². The summed E-state index contributed by atoms with van der Waals surface area (Å²) in [6.45, 7) is 14.4. The average Bonchev–Trinajstić information content (AvgIpc) is 2.98. The first-order valence-electron chi connectivity index (χ1n) is 12.2. The van der Waals surface area contributed by atoms with Gasteiger partial charge in [-0.3, -0.25) is 14.5 Å². The zero-order valence-electron chi connectivity index (χ0n) is 21.8. The number of methoxy groups -OCH3 is 1. The molecule has 1 amide bonds. The number of rotatable bonds is 10. The van der Waals surface area contributed by atoms with Gasteiger partial charge >= 0.3 is 5.97 Å². The number of benzene rings is 1. The fraction of sp³-hybridized carbons (Fsp3) is 0.704. The van der Waals surface area contributed by atoms with Crippen molar-refractivity contribution in [3.05, 3.63) is 35.9 Å². The average molecular weight is 461 g/mol. The number of amides is 1. The molecule has 5 atom stereocenters. The van der Waals surface area contributed by atoms with Gasteiger partial charge in [-0.15, -0.1) is 0 Å². The van der Waals surface area contributed by atoms with Crippen LogP contribution in [0.1, 0.15) is 79.7 Å². The second-order valence-electron chi connectivity index (χ2n) is 10.7. The Hall–Kier alpha value is -1.92. The third-order valence-corrected chi connectivity index (χ3v) is 6.80. The van der Waals surface area contributed by atoms with Crippen LogP contribution >= 0.6 is 0 Å². The first-order valence-corrected chi connectivity index (χ1v) is 12.2. The van der Waals surface area contributed by atoms with Gasteiger partial charge in [0.1, 0.15) is 11.6 Å². The van der Waals surface area contributed by atoms with E-state index in [1.807, 2.05) is 39.0 Å². The zero-order chi connectivity index (χ0) is 24.8. The summed E-state index contributed by atoms with van der Waals surface area (Å²) in [6.07, 6.45) is 3.29. The monoisotopic (exact) mass is 460 g/mol. The summed E-state index contributed by atoms with van der Waals surface area (Å²) in [4.78, 5) is 27.4. The lowest BCUT2D eigenvalue weighted by atomic mass is 9.79. The van der Waals surface area contributed by atoms with E-state index < -0.39 is 17.2 Å². The van der Waals surface area contributed by atoms with Crippen LogP contribution in [-0.4, -0.2) is 53.2 Å². The fourth-order valence-corrected chi connectivity index (χ4v) is 5.26. The largest absolute Gasteiger partial charge is 0.459 e. The quantitative estimate of drug-likeness (QED) is 0.512. The molecule has 1 aliphatic heterocycles. The molecule has 1 heterocycles. The standard InChI is InChI=1S/C27H44N2O4/c1-9-13-22(19(2)28-20(3)30)17-27(7)24(32-8)16-23(25(31)33-26(4,5)6)29(27)18-21-14-11-10-12-15-21/h10-12,14-15,19,22-24H,9,13,16-18H2,1-8H3,(H,28,30)/t19?,22?,23-,24-,27-/m1/s1. The van der Waals surface area contributed by atoms with Gasteiger partial charge in [-0.05, 0) is 58.9 Å². The molecule has 2 unspecified atom stereocenters. The molecule has 0 aliphatic carbocycles. The Labute approximate surface area is 200 Å². The second-order valence-corrected chi connectivity index (χ2v) is 10.7. The van der Waals surface area contributed by atoms with E-state index in [0.717, 1.165) is 24.8 Å². The topological polar surface area (TPSA) is 67.9 Å². The highest BCUT2D eigenvalue weighted by Crippen LogP contribution is 2.43. The Morgan fingerprint density at radius 2 is 1.88 bits per heavy atom. The highest BCUT2D eigenvalue weighted by molar-refractivity contribution is 5.77. The maximum Gasteiger partial charge on any atom is 0.324 e. The molecule has 1 aromatic carbocycles. The van der Waals surface area contributed by atoms with E-state index in [0.29, 0.717) is 13.0 Å². The van der Waals surface area contributed by atoms with Crippen LogP contribution in [0.25, 0.3) is 0 Å². The summed E-state index contributed by atoms with van der Waals surface area (Å²) in [7, 11) is 1.73. The number of hydrogen-bond acceptors (Lipinski definition) is 5. The van der Waals surface area contributed by atoms with Crippen LogP contribution in [0.3, 0.4) is 0 Å². The molecule has 0 bridgehead atoms. The van der Waals surface area contributed by atoms with Crippen LogP contribution in [0, 0.1) is 5.92 Å². The van der Waals surface area contributed by atoms with Gasteiger partial charge in [0.05, 0.1) is 6.10 Å². The van der Waals surface area contributed by atoms with E-state index in [1.54, 1.807) is 14.0 Å². The lowest BCUT2D eigenvalue weighted by Gasteiger charge is -2.43. The number of hydrogen-bond donors (Lipinski definition) is 1. The minimum atomic E-state index is -0.554. The number of carbonyl (C=O) groups excluding carboxylic acids is 2. The van der Waals surface area contributed by atoms with Crippen molar-refractivity contribution < 1.29 is 19.1 Å². The highest BCUT2D eigenvalue weighted by atomic mass is 16.6. The second kappa shape index (κ2) is 11.5. The molecule has 1 N–H and O–H groups in total. The number of likely N-dealkylation sites (tertiary alicyclic amines) is 1. The summed E-state index contributed by atoms with van der Waals surface area (Å²) in [5.41, 5.74) is 0.205. The molecule has 186 valence electrons. The first-order chi connectivity index (χ1) is 15.4. The minimum absolute atomic E-state index is 0.0174. The molecule has 1 aliphatic rings. The maximum absolute atomic E-state index is 13.3. The Kier molecular flexibility index (Phi) is 9.50. The normalized spacial score (nSPS) is 25.5. The minimum Gasteiger partial charge on any atom is -0.459 e. The fourth-order valence-electron chi connectivity index (χ4n) is 5.26. The van der Waals surface area contributed by atoms with Crippen LogP contribution in [0.4, 0.5) is 0 Å². The van der Waals surface area contributed by atoms with Crippen molar-refractivity contribution in [3.63, 3.8) is 0 Å². The van der Waals surface area contributed by atoms with Crippen molar-refractivity contribution in [1.82, 2.24) is 10.2 Å². The van der Waals surface area contributed by atoms with E-state index in [4.69, 9.17) is 9.47 Å². The van der Waals surface area contributed by atoms with E-state index in [2.05, 4.69) is 43.1 Å². The van der Waals surface area contributed by atoms with E-state index in [1.165, 1.54) is 0 Å². The molecule has 6 nitrogen and oxygen atoms in total. The van der Waals surface area contributed by atoms with Crippen molar-refractivity contribution >= 4 is 11.9 Å². The van der Waals surface area contributed by atoms with Gasteiger partial charge in [0.2, 0.25) is 5.91 Å². The van der Waals surface area contributed by atoms with Crippen molar-refractivity contribution in [2.45, 2.75) is 110 Å². The Balaban J connectivity index is 2.44. The van der Waals surface area contributed by atoms with Crippen LogP contribution in [-0.2, 0) is 25.6 Å². The Morgan fingerprint density at radius 1 is 1.24 bits per heavy atom. The van der Waals surface area contributed by atoms with Crippen molar-refractivity contribution in [2.75, 3.05) is 7.11 Å². The van der Waals surface area contributed by atoms with Gasteiger partial charge in [0, 0.05) is 38.6 Å². The smallest absolute Gasteiger partial charge is 0.324 e. The predicted octanol–water partition coefficient (Wildman–Crippen LogP) is 4.71. The molecule has 33 heavy (non-hydrogen) atoms. The Morgan fingerprint density at radius 3 is 2.39 bits per heavy atom. The van der Waals surface area contributed by atoms with E-state index in [-0.39, 0.29) is 29.9 Å². The third-order valence-electron chi connectivity index (χ3n) is 6.80. The van der Waals surface area contributed by atoms with Crippen LogP contribution < -0.4 is 5.32 Å². The lowest BCUT2D eigenvalue weighted by molar-refractivity contribution is -0.162. The van der Waals surface area contributed by atoms with E-state index >= 15 is 0 Å². The summed E-state index contributed by atoms with van der Waals surface area (Å²) < 4.78 is 11.8. The van der Waals surface area contributed by atoms with E-state index in [9.17, 15) is 9.59 Å². The number of nitrogens with one attached hydrogen (secondary N) is 1. The van der Waals surface area contributed by atoms with Gasteiger partial charge in [0.15, 0.2) is 0 Å². The number of carbonyl (C=O) groups is 2. The molecule has 0 radical (unpaired) electrons. The lowest BCUT2D eigenvalue weighted by Crippen LogP contribution is -2.54. The van der Waals surface area contributed by atoms with Gasteiger partial charge in [-0.1, -0.05) is 43.7 Å². The SMILES string of the molecule is CCCC(C[C@]1(C)[C@H](OC)C[C@H](C(=O)OC(C)(C)C)N1Cc1ccccc1)C(C)NC(C)=O. The van der Waals surface area contributed by atoms with Crippen LogP contribution in [0.15, 0.2) is 30.3 Å². The zero-order valence-corrected chi connectivity index (χ0v) is 21.8. The highest BCUT2D eigenvalue weighted by Gasteiger charge is 2.54. The van der Waals surface area contributed by atoms with Gasteiger partial charge in [-0.25, -0.2) is 0 Å². The number of esters is 1. The number of ether oxygens (including phenoxy) is 2. The Bertz CT molecular complexity index is 776. The first kappa shape index (κ1) is 27.3. The van der Waals surface area contributed by atoms with Gasteiger partial charge < -0.3 is 14.8 Å². The molecule has 6 heteroatoms. The van der Waals surface area contributed by atoms with Gasteiger partial charge in [-0.2, -0.15) is 0 Å². The molecule has 0 spiro atoms. The molecule has 0 aromatic heterocycles. The summed E-state index contributed by atoms with van der Waals surface area (Å²) in [5, 5.41) is 3.09. The maximum atomic E-state index is 13.3. The molecular formula is C27H44N2O4. The molecule has 1 fully saturated rings. The van der Waals surface area contributed by atoms with Crippen molar-refractivity contribution in [3.8, 4) is 0 Å². The molecule has 1 saturated heterocycles. The molecule has 1 aromatic rings. The predicted molar refractivity (Wildman–Crippen MR) is 132 cm³/mol. The summed E-state index contributed by atoms with van der Waals surface area (Å²) >= 11 is 0. The summed E-state index contributed by atoms with van der Waals surface area (Å²) in [6, 6.07) is 9.89. The van der Waals surface area contributed by atoms with Crippen molar-refractivity contribution in [1.29, 1.82) is 0 Å². The molecule has 0 saturated carbocycles. The van der Waals surface area contributed by atoms with Crippen LogP contribution in [0.2, 0.25) is 0 Å².